The standard InChI is InChI=1S/C36H41N3O3S/c1-3-21-38(2)22-11-12-24-42-33-26-28(36(41)39-23-10-9-17-34-32(39)20-25-43-34)18-19-31(33)37-35(40)30-16-8-7-15-29(30)27-13-5-4-6-14-27/h4-8,13-16,18-20,25-26H,3,9-12,17,21-24H2,1-2H3,(H,37,40). The molecule has 0 radical (unpaired) electrons. The molecule has 4 aromatic rings. The predicted octanol–water partition coefficient (Wildman–Crippen LogP) is 8.15. The van der Waals surface area contributed by atoms with Crippen molar-refractivity contribution in [2.45, 2.75) is 45.4 Å². The van der Waals surface area contributed by atoms with Crippen molar-refractivity contribution in [1.82, 2.24) is 4.90 Å². The van der Waals surface area contributed by atoms with Crippen LogP contribution in [0.4, 0.5) is 11.4 Å². The zero-order valence-electron chi connectivity index (χ0n) is 25.2. The smallest absolute Gasteiger partial charge is 0.258 e. The first kappa shape index (κ1) is 30.5. The third-order valence-corrected chi connectivity index (χ3v) is 8.79. The van der Waals surface area contributed by atoms with Crippen LogP contribution < -0.4 is 15.0 Å². The summed E-state index contributed by atoms with van der Waals surface area (Å²) in [4.78, 5) is 32.9. The number of unbranched alkanes of at least 4 members (excludes halogenated alkanes) is 1. The Balaban J connectivity index is 1.38. The monoisotopic (exact) mass is 595 g/mol. The fourth-order valence-corrected chi connectivity index (χ4v) is 6.50. The van der Waals surface area contributed by atoms with E-state index in [-0.39, 0.29) is 11.8 Å². The summed E-state index contributed by atoms with van der Waals surface area (Å²) in [6.45, 7) is 5.46. The van der Waals surface area contributed by atoms with Crippen LogP contribution in [0.1, 0.15) is 64.6 Å². The fourth-order valence-electron chi connectivity index (χ4n) is 5.58. The Morgan fingerprint density at radius 2 is 1.77 bits per heavy atom. The zero-order valence-corrected chi connectivity index (χ0v) is 26.0. The van der Waals surface area contributed by atoms with Crippen molar-refractivity contribution in [1.29, 1.82) is 0 Å². The van der Waals surface area contributed by atoms with Crippen molar-refractivity contribution in [3.63, 3.8) is 0 Å². The van der Waals surface area contributed by atoms with Gasteiger partial charge in [0.15, 0.2) is 0 Å². The third-order valence-electron chi connectivity index (χ3n) is 7.82. The highest BCUT2D eigenvalue weighted by molar-refractivity contribution is 7.10. The van der Waals surface area contributed by atoms with Crippen molar-refractivity contribution >= 4 is 34.5 Å². The van der Waals surface area contributed by atoms with Crippen molar-refractivity contribution in [3.05, 3.63) is 100 Å². The first-order valence-electron chi connectivity index (χ1n) is 15.3. The lowest BCUT2D eigenvalue weighted by molar-refractivity contribution is 0.0985. The Kier molecular flexibility index (Phi) is 10.6. The van der Waals surface area contributed by atoms with Gasteiger partial charge in [0.25, 0.3) is 11.8 Å². The summed E-state index contributed by atoms with van der Waals surface area (Å²) in [6, 6.07) is 24.9. The molecule has 0 bridgehead atoms. The molecule has 0 saturated carbocycles. The van der Waals surface area contributed by atoms with Crippen LogP contribution in [0.5, 0.6) is 5.75 Å². The van der Waals surface area contributed by atoms with Crippen molar-refractivity contribution in [2.75, 3.05) is 43.5 Å². The van der Waals surface area contributed by atoms with Crippen molar-refractivity contribution in [2.24, 2.45) is 0 Å². The molecule has 1 aromatic heterocycles. The number of carbonyl (C=O) groups is 2. The molecule has 0 atom stereocenters. The minimum absolute atomic E-state index is 0.0418. The van der Waals surface area contributed by atoms with Crippen LogP contribution in [-0.4, -0.2) is 50.0 Å². The van der Waals surface area contributed by atoms with E-state index in [0.717, 1.165) is 68.4 Å². The minimum atomic E-state index is -0.222. The van der Waals surface area contributed by atoms with Crippen LogP contribution in [-0.2, 0) is 6.42 Å². The molecule has 6 nitrogen and oxygen atoms in total. The number of benzene rings is 3. The lowest BCUT2D eigenvalue weighted by atomic mass is 9.99. The van der Waals surface area contributed by atoms with Crippen molar-refractivity contribution in [3.8, 4) is 16.9 Å². The first-order chi connectivity index (χ1) is 21.0. The largest absolute Gasteiger partial charge is 0.491 e. The maximum absolute atomic E-state index is 13.8. The second-order valence-electron chi connectivity index (χ2n) is 11.1. The van der Waals surface area contributed by atoms with E-state index in [2.05, 4.69) is 35.6 Å². The van der Waals surface area contributed by atoms with Crippen molar-refractivity contribution < 1.29 is 14.3 Å². The van der Waals surface area contributed by atoms with Gasteiger partial charge in [-0.1, -0.05) is 55.5 Å². The predicted molar refractivity (Wildman–Crippen MR) is 178 cm³/mol. The summed E-state index contributed by atoms with van der Waals surface area (Å²) >= 11 is 1.72. The summed E-state index contributed by atoms with van der Waals surface area (Å²) in [7, 11) is 2.14. The molecule has 1 N–H and O–H groups in total. The Morgan fingerprint density at radius 3 is 2.60 bits per heavy atom. The molecule has 7 heteroatoms. The number of aryl methyl sites for hydroxylation is 1. The van der Waals surface area contributed by atoms with E-state index < -0.39 is 0 Å². The number of hydrogen-bond donors (Lipinski definition) is 1. The van der Waals surface area contributed by atoms with Crippen LogP contribution in [0.25, 0.3) is 11.1 Å². The number of nitrogens with zero attached hydrogens (tertiary/aromatic N) is 2. The second-order valence-corrected chi connectivity index (χ2v) is 12.1. The quantitative estimate of drug-likeness (QED) is 0.168. The average molecular weight is 596 g/mol. The summed E-state index contributed by atoms with van der Waals surface area (Å²) in [5, 5.41) is 5.15. The summed E-state index contributed by atoms with van der Waals surface area (Å²) < 4.78 is 6.29. The molecular weight excluding hydrogens is 554 g/mol. The van der Waals surface area contributed by atoms with Gasteiger partial charge in [-0.05, 0) is 106 Å². The molecular formula is C36H41N3O3S. The molecule has 0 aliphatic carbocycles. The van der Waals surface area contributed by atoms with E-state index >= 15 is 0 Å². The molecule has 1 aliphatic heterocycles. The third kappa shape index (κ3) is 7.72. The summed E-state index contributed by atoms with van der Waals surface area (Å²) in [5.74, 6) is 0.249. The van der Waals surface area contributed by atoms with E-state index in [4.69, 9.17) is 4.74 Å². The molecule has 43 heavy (non-hydrogen) atoms. The number of thiophene rings is 1. The van der Waals surface area contributed by atoms with Crippen LogP contribution in [0.2, 0.25) is 0 Å². The molecule has 2 heterocycles. The Labute approximate surface area is 259 Å². The van der Waals surface area contributed by atoms with Gasteiger partial charge in [-0.15, -0.1) is 11.3 Å². The molecule has 5 rings (SSSR count). The lowest BCUT2D eigenvalue weighted by Gasteiger charge is -2.22. The Morgan fingerprint density at radius 1 is 0.953 bits per heavy atom. The normalized spacial score (nSPS) is 13.0. The zero-order chi connectivity index (χ0) is 30.0. The number of anilines is 2. The number of carbonyl (C=O) groups excluding carboxylic acids is 2. The number of ether oxygens (including phenoxy) is 1. The maximum atomic E-state index is 13.8. The second kappa shape index (κ2) is 15.0. The van der Waals surface area contributed by atoms with Gasteiger partial charge in [0.2, 0.25) is 0 Å². The van der Waals surface area contributed by atoms with Crippen LogP contribution in [0, 0.1) is 0 Å². The molecule has 0 spiro atoms. The highest BCUT2D eigenvalue weighted by Gasteiger charge is 2.24. The highest BCUT2D eigenvalue weighted by Crippen LogP contribution is 2.34. The highest BCUT2D eigenvalue weighted by atomic mass is 32.1. The molecule has 0 saturated heterocycles. The number of fused-ring (bicyclic) bond motifs is 1. The number of hydrogen-bond acceptors (Lipinski definition) is 5. The van der Waals surface area contributed by atoms with Crippen LogP contribution >= 0.6 is 11.3 Å². The summed E-state index contributed by atoms with van der Waals surface area (Å²) in [5.41, 5.74) is 4.54. The van der Waals surface area contributed by atoms with Gasteiger partial charge < -0.3 is 19.9 Å². The van der Waals surface area contributed by atoms with Gasteiger partial charge in [-0.25, -0.2) is 0 Å². The van der Waals surface area contributed by atoms with E-state index in [1.807, 2.05) is 59.5 Å². The van der Waals surface area contributed by atoms with E-state index in [0.29, 0.717) is 35.7 Å². The fraction of sp³-hybridized carbons (Fsp3) is 0.333. The topological polar surface area (TPSA) is 61.9 Å². The van der Waals surface area contributed by atoms with Crippen LogP contribution in [0.3, 0.4) is 0 Å². The van der Waals surface area contributed by atoms with Gasteiger partial charge in [0.05, 0.1) is 18.0 Å². The Hall–Kier alpha value is -3.94. The van der Waals surface area contributed by atoms with Gasteiger partial charge in [-0.2, -0.15) is 0 Å². The van der Waals surface area contributed by atoms with E-state index in [1.165, 1.54) is 4.88 Å². The molecule has 2 amide bonds. The summed E-state index contributed by atoms with van der Waals surface area (Å²) in [6.07, 6.45) is 6.07. The van der Waals surface area contributed by atoms with Gasteiger partial charge >= 0.3 is 0 Å². The van der Waals surface area contributed by atoms with Gasteiger partial charge in [0.1, 0.15) is 5.75 Å². The van der Waals surface area contributed by atoms with E-state index in [9.17, 15) is 9.59 Å². The number of nitrogens with one attached hydrogen (secondary N) is 1. The Bertz CT molecular complexity index is 1520. The number of rotatable bonds is 12. The van der Waals surface area contributed by atoms with E-state index in [1.54, 1.807) is 29.5 Å². The first-order valence-corrected chi connectivity index (χ1v) is 16.2. The molecule has 3 aromatic carbocycles. The molecule has 0 fully saturated rings. The van der Waals surface area contributed by atoms with Crippen LogP contribution in [0.15, 0.2) is 84.2 Å². The SMILES string of the molecule is CCCN(C)CCCCOc1cc(C(=O)N2CCCCc3sccc32)ccc1NC(=O)c1ccccc1-c1ccccc1. The number of amides is 2. The van der Waals surface area contributed by atoms with Gasteiger partial charge in [0, 0.05) is 22.5 Å². The minimum Gasteiger partial charge on any atom is -0.491 e. The average Bonchev–Trinajstić information content (AvgIpc) is 3.40. The molecule has 0 unspecified atom stereocenters. The maximum Gasteiger partial charge on any atom is 0.258 e. The van der Waals surface area contributed by atoms with Gasteiger partial charge in [-0.3, -0.25) is 9.59 Å². The lowest BCUT2D eigenvalue weighted by Crippen LogP contribution is -2.31. The molecule has 224 valence electrons. The molecule has 1 aliphatic rings.